The molecule has 0 radical (unpaired) electrons. The highest BCUT2D eigenvalue weighted by Gasteiger charge is 2.30. The minimum absolute atomic E-state index is 0.0932. The SMILES string of the molecule is COc1c2occc2c(OC)c2c(=O)cc(C(Cl)(Cl)Cl)oc12. The van der Waals surface area contributed by atoms with Gasteiger partial charge in [0.25, 0.3) is 0 Å². The second-order valence-electron chi connectivity index (χ2n) is 4.41. The van der Waals surface area contributed by atoms with Gasteiger partial charge in [-0.1, -0.05) is 34.8 Å². The highest BCUT2D eigenvalue weighted by atomic mass is 35.6. The first-order chi connectivity index (χ1) is 10.4. The van der Waals surface area contributed by atoms with Crippen molar-refractivity contribution < 1.29 is 18.3 Å². The number of hydrogen-bond acceptors (Lipinski definition) is 5. The van der Waals surface area contributed by atoms with Gasteiger partial charge in [-0.25, -0.2) is 0 Å². The topological polar surface area (TPSA) is 61.8 Å². The lowest BCUT2D eigenvalue weighted by atomic mass is 10.1. The predicted molar refractivity (Wildman–Crippen MR) is 84.6 cm³/mol. The van der Waals surface area contributed by atoms with Crippen molar-refractivity contribution in [2.24, 2.45) is 0 Å². The van der Waals surface area contributed by atoms with Crippen LogP contribution in [0.25, 0.3) is 21.9 Å². The van der Waals surface area contributed by atoms with Crippen molar-refractivity contribution in [1.82, 2.24) is 0 Å². The molecule has 0 aliphatic rings. The Bertz CT molecular complexity index is 920. The number of benzene rings is 1. The summed E-state index contributed by atoms with van der Waals surface area (Å²) >= 11 is 17.4. The minimum Gasteiger partial charge on any atom is -0.495 e. The Morgan fingerprint density at radius 1 is 1.09 bits per heavy atom. The first-order valence-electron chi connectivity index (χ1n) is 6.04. The largest absolute Gasteiger partial charge is 0.495 e. The van der Waals surface area contributed by atoms with Crippen molar-refractivity contribution in [3.8, 4) is 11.5 Å². The molecule has 0 bridgehead atoms. The summed E-state index contributed by atoms with van der Waals surface area (Å²) in [5.41, 5.74) is 0.0490. The van der Waals surface area contributed by atoms with E-state index < -0.39 is 9.22 Å². The molecule has 116 valence electrons. The Labute approximate surface area is 139 Å². The molecule has 0 saturated heterocycles. The summed E-state index contributed by atoms with van der Waals surface area (Å²) in [5.74, 6) is 0.412. The van der Waals surface area contributed by atoms with Crippen molar-refractivity contribution in [2.75, 3.05) is 14.2 Å². The number of methoxy groups -OCH3 is 2. The molecule has 0 aliphatic carbocycles. The van der Waals surface area contributed by atoms with E-state index in [0.29, 0.717) is 16.7 Å². The van der Waals surface area contributed by atoms with E-state index in [0.717, 1.165) is 6.07 Å². The Balaban J connectivity index is 2.58. The van der Waals surface area contributed by atoms with Gasteiger partial charge in [-0.05, 0) is 6.07 Å². The third-order valence-corrected chi connectivity index (χ3v) is 3.74. The molecule has 5 nitrogen and oxygen atoms in total. The van der Waals surface area contributed by atoms with Gasteiger partial charge in [0.15, 0.2) is 22.4 Å². The second-order valence-corrected chi connectivity index (χ2v) is 6.69. The van der Waals surface area contributed by atoms with E-state index in [1.807, 2.05) is 0 Å². The van der Waals surface area contributed by atoms with Crippen LogP contribution in [0.1, 0.15) is 5.76 Å². The summed E-state index contributed by atoms with van der Waals surface area (Å²) < 4.78 is 19.7. The molecule has 0 fully saturated rings. The van der Waals surface area contributed by atoms with Crippen LogP contribution in [0.2, 0.25) is 0 Å². The smallest absolute Gasteiger partial charge is 0.248 e. The van der Waals surface area contributed by atoms with Crippen LogP contribution in [0.3, 0.4) is 0 Å². The number of ether oxygens (including phenoxy) is 2. The molecule has 0 spiro atoms. The lowest BCUT2D eigenvalue weighted by Gasteiger charge is -2.14. The van der Waals surface area contributed by atoms with Crippen molar-refractivity contribution in [1.29, 1.82) is 0 Å². The fourth-order valence-corrected chi connectivity index (χ4v) is 2.59. The molecule has 0 saturated carbocycles. The van der Waals surface area contributed by atoms with Crippen LogP contribution >= 0.6 is 34.8 Å². The van der Waals surface area contributed by atoms with Gasteiger partial charge < -0.3 is 18.3 Å². The van der Waals surface area contributed by atoms with Crippen molar-refractivity contribution >= 4 is 56.7 Å². The highest BCUT2D eigenvalue weighted by Crippen LogP contribution is 2.44. The fraction of sp³-hybridized carbons (Fsp3) is 0.214. The summed E-state index contributed by atoms with van der Waals surface area (Å²) in [6.07, 6.45) is 1.45. The Morgan fingerprint density at radius 3 is 2.36 bits per heavy atom. The molecule has 3 aromatic rings. The predicted octanol–water partition coefficient (Wildman–Crippen LogP) is 4.38. The van der Waals surface area contributed by atoms with Gasteiger partial charge in [-0.15, -0.1) is 0 Å². The van der Waals surface area contributed by atoms with Gasteiger partial charge >= 0.3 is 0 Å². The quantitative estimate of drug-likeness (QED) is 0.632. The molecular formula is C14H9Cl3O5. The van der Waals surface area contributed by atoms with Crippen molar-refractivity contribution in [2.45, 2.75) is 3.79 Å². The van der Waals surface area contributed by atoms with Gasteiger partial charge in [-0.2, -0.15) is 0 Å². The molecular weight excluding hydrogens is 355 g/mol. The van der Waals surface area contributed by atoms with Crippen LogP contribution in [-0.4, -0.2) is 14.2 Å². The zero-order valence-corrected chi connectivity index (χ0v) is 13.7. The average Bonchev–Trinajstić information content (AvgIpc) is 2.92. The van der Waals surface area contributed by atoms with E-state index in [4.69, 9.17) is 53.1 Å². The molecule has 22 heavy (non-hydrogen) atoms. The molecule has 2 heterocycles. The summed E-state index contributed by atoms with van der Waals surface area (Å²) in [6, 6.07) is 2.78. The van der Waals surface area contributed by atoms with Crippen LogP contribution in [0, 0.1) is 0 Å². The average molecular weight is 364 g/mol. The molecule has 3 rings (SSSR count). The van der Waals surface area contributed by atoms with E-state index in [9.17, 15) is 4.79 Å². The molecule has 0 unspecified atom stereocenters. The number of fused-ring (bicyclic) bond motifs is 2. The van der Waals surface area contributed by atoms with E-state index in [1.165, 1.54) is 20.5 Å². The number of halogens is 3. The number of rotatable bonds is 2. The Hall–Kier alpha value is -1.56. The maximum atomic E-state index is 12.5. The third kappa shape index (κ3) is 2.20. The molecule has 0 aliphatic heterocycles. The molecule has 0 N–H and O–H groups in total. The lowest BCUT2D eigenvalue weighted by Crippen LogP contribution is -2.10. The lowest BCUT2D eigenvalue weighted by molar-refractivity contribution is 0.397. The second kappa shape index (κ2) is 5.26. The molecule has 0 amide bonds. The summed E-state index contributed by atoms with van der Waals surface area (Å²) in [7, 11) is 2.86. The minimum atomic E-state index is -1.89. The molecule has 2 aromatic heterocycles. The fourth-order valence-electron chi connectivity index (χ4n) is 2.31. The van der Waals surface area contributed by atoms with E-state index in [-0.39, 0.29) is 22.5 Å². The standard InChI is InChI=1S/C14H9Cl3O5/c1-19-10-6-3-4-21-11(6)13(20-2)12-9(10)7(18)5-8(22-12)14(15,16)17/h3-5H,1-2H3. The van der Waals surface area contributed by atoms with Crippen LogP contribution in [-0.2, 0) is 3.79 Å². The van der Waals surface area contributed by atoms with Gasteiger partial charge in [0, 0.05) is 6.07 Å². The number of hydrogen-bond donors (Lipinski definition) is 0. The zero-order chi connectivity index (χ0) is 16.1. The number of furan rings is 1. The maximum absolute atomic E-state index is 12.5. The summed E-state index contributed by atoms with van der Waals surface area (Å²) in [5, 5.41) is 0.770. The molecule has 8 heteroatoms. The van der Waals surface area contributed by atoms with Crippen molar-refractivity contribution in [3.05, 3.63) is 34.4 Å². The van der Waals surface area contributed by atoms with Gasteiger partial charge in [-0.3, -0.25) is 4.79 Å². The normalized spacial score (nSPS) is 12.0. The summed E-state index contributed by atoms with van der Waals surface area (Å²) in [6.45, 7) is 0. The third-order valence-electron chi connectivity index (χ3n) is 3.18. The van der Waals surface area contributed by atoms with Crippen LogP contribution in [0.15, 0.2) is 32.0 Å². The zero-order valence-electron chi connectivity index (χ0n) is 11.4. The van der Waals surface area contributed by atoms with Gasteiger partial charge in [0.1, 0.15) is 11.1 Å². The van der Waals surface area contributed by atoms with E-state index >= 15 is 0 Å². The van der Waals surface area contributed by atoms with E-state index in [2.05, 4.69) is 0 Å². The summed E-state index contributed by atoms with van der Waals surface area (Å²) in [4.78, 5) is 12.5. The monoisotopic (exact) mass is 362 g/mol. The van der Waals surface area contributed by atoms with Crippen LogP contribution in [0.4, 0.5) is 0 Å². The van der Waals surface area contributed by atoms with Gasteiger partial charge in [0.05, 0.1) is 25.9 Å². The first-order valence-corrected chi connectivity index (χ1v) is 7.18. The van der Waals surface area contributed by atoms with Crippen LogP contribution in [0.5, 0.6) is 11.5 Å². The Kier molecular flexibility index (Phi) is 3.67. The number of alkyl halides is 3. The van der Waals surface area contributed by atoms with Crippen molar-refractivity contribution in [3.63, 3.8) is 0 Å². The molecule has 0 atom stereocenters. The highest BCUT2D eigenvalue weighted by molar-refractivity contribution is 6.66. The first kappa shape index (κ1) is 15.3. The molecule has 1 aromatic carbocycles. The van der Waals surface area contributed by atoms with Gasteiger partial charge in [0.2, 0.25) is 9.54 Å². The van der Waals surface area contributed by atoms with Crippen LogP contribution < -0.4 is 14.9 Å². The van der Waals surface area contributed by atoms with E-state index in [1.54, 1.807) is 6.07 Å². The Morgan fingerprint density at radius 2 is 1.77 bits per heavy atom. The maximum Gasteiger partial charge on any atom is 0.248 e.